The van der Waals surface area contributed by atoms with Crippen molar-refractivity contribution in [3.05, 3.63) is 23.5 Å². The Morgan fingerprint density at radius 1 is 1.56 bits per heavy atom. The molecule has 2 rings (SSSR count). The lowest BCUT2D eigenvalue weighted by Crippen LogP contribution is -2.26. The first-order valence-corrected chi connectivity index (χ1v) is 5.80. The summed E-state index contributed by atoms with van der Waals surface area (Å²) in [5.74, 6) is 0. The molecule has 0 atom stereocenters. The zero-order valence-corrected chi connectivity index (χ0v) is 9.90. The van der Waals surface area contributed by atoms with Crippen LogP contribution in [-0.4, -0.2) is 34.6 Å². The summed E-state index contributed by atoms with van der Waals surface area (Å²) in [4.78, 5) is 0. The summed E-state index contributed by atoms with van der Waals surface area (Å²) in [6.45, 7) is 6.17. The second-order valence-electron chi connectivity index (χ2n) is 4.42. The van der Waals surface area contributed by atoms with Gasteiger partial charge in [0.2, 0.25) is 0 Å². The molecule has 1 aliphatic rings. The molecule has 4 nitrogen and oxygen atoms in total. The van der Waals surface area contributed by atoms with Crippen molar-refractivity contribution >= 4 is 5.57 Å². The smallest absolute Gasteiger partial charge is 0.0658 e. The molecule has 0 saturated heterocycles. The molecule has 1 aromatic rings. The van der Waals surface area contributed by atoms with Crippen molar-refractivity contribution in [2.45, 2.75) is 26.3 Å². The number of aliphatic hydroxyl groups is 1. The van der Waals surface area contributed by atoms with Gasteiger partial charge in [-0.15, -0.1) is 0 Å². The normalized spacial score (nSPS) is 17.2. The molecule has 4 heteroatoms. The van der Waals surface area contributed by atoms with Gasteiger partial charge in [-0.3, -0.25) is 4.68 Å². The van der Waals surface area contributed by atoms with E-state index in [2.05, 4.69) is 24.3 Å². The van der Waals surface area contributed by atoms with Crippen molar-refractivity contribution in [1.29, 1.82) is 0 Å². The number of aromatic nitrogens is 2. The molecular formula is C12H19N3O. The third kappa shape index (κ3) is 2.03. The number of hydrogen-bond donors (Lipinski definition) is 2. The fraction of sp³-hybridized carbons (Fsp3) is 0.583. The van der Waals surface area contributed by atoms with Crippen LogP contribution < -0.4 is 5.32 Å². The molecule has 0 bridgehead atoms. The third-order valence-corrected chi connectivity index (χ3v) is 2.99. The standard InChI is InChI=1S/C12H19N3O/c1-9(2)15-12(4-6-14-15)11-7-13-5-3-10(11)8-16/h4,6,9,13,16H,3,5,7-8H2,1-2H3. The summed E-state index contributed by atoms with van der Waals surface area (Å²) >= 11 is 0. The number of aliphatic hydroxyl groups excluding tert-OH is 1. The Morgan fingerprint density at radius 2 is 2.38 bits per heavy atom. The summed E-state index contributed by atoms with van der Waals surface area (Å²) in [5.41, 5.74) is 3.48. The minimum Gasteiger partial charge on any atom is -0.392 e. The second kappa shape index (κ2) is 4.80. The van der Waals surface area contributed by atoms with Crippen molar-refractivity contribution in [3.8, 4) is 0 Å². The maximum Gasteiger partial charge on any atom is 0.0658 e. The molecule has 1 aliphatic heterocycles. The number of nitrogens with one attached hydrogen (secondary N) is 1. The van der Waals surface area contributed by atoms with E-state index in [1.54, 1.807) is 0 Å². The maximum absolute atomic E-state index is 9.37. The summed E-state index contributed by atoms with van der Waals surface area (Å²) in [6, 6.07) is 2.37. The van der Waals surface area contributed by atoms with Crippen LogP contribution in [0, 0.1) is 0 Å². The van der Waals surface area contributed by atoms with Gasteiger partial charge in [-0.25, -0.2) is 0 Å². The van der Waals surface area contributed by atoms with Crippen LogP contribution in [0.25, 0.3) is 5.57 Å². The van der Waals surface area contributed by atoms with Gasteiger partial charge in [0.25, 0.3) is 0 Å². The van der Waals surface area contributed by atoms with Crippen LogP contribution in [0.4, 0.5) is 0 Å². The van der Waals surface area contributed by atoms with Crippen LogP contribution in [0.2, 0.25) is 0 Å². The summed E-state index contributed by atoms with van der Waals surface area (Å²) in [6.07, 6.45) is 2.75. The lowest BCUT2D eigenvalue weighted by molar-refractivity contribution is 0.324. The molecule has 0 saturated carbocycles. The van der Waals surface area contributed by atoms with Crippen molar-refractivity contribution in [2.24, 2.45) is 0 Å². The van der Waals surface area contributed by atoms with E-state index in [-0.39, 0.29) is 6.61 Å². The first kappa shape index (κ1) is 11.4. The third-order valence-electron chi connectivity index (χ3n) is 2.99. The fourth-order valence-electron chi connectivity index (χ4n) is 2.14. The van der Waals surface area contributed by atoms with Gasteiger partial charge in [0, 0.05) is 18.8 Å². The van der Waals surface area contributed by atoms with E-state index >= 15 is 0 Å². The van der Waals surface area contributed by atoms with Crippen LogP contribution in [0.1, 0.15) is 32.0 Å². The summed E-state index contributed by atoms with van der Waals surface area (Å²) in [7, 11) is 0. The first-order chi connectivity index (χ1) is 7.74. The van der Waals surface area contributed by atoms with E-state index < -0.39 is 0 Å². The van der Waals surface area contributed by atoms with Gasteiger partial charge in [-0.05, 0) is 44.0 Å². The topological polar surface area (TPSA) is 50.1 Å². The monoisotopic (exact) mass is 221 g/mol. The zero-order chi connectivity index (χ0) is 11.5. The molecule has 2 heterocycles. The summed E-state index contributed by atoms with van der Waals surface area (Å²) in [5, 5.41) is 17.1. The Kier molecular flexibility index (Phi) is 3.41. The van der Waals surface area contributed by atoms with Gasteiger partial charge in [0.05, 0.1) is 12.3 Å². The molecule has 16 heavy (non-hydrogen) atoms. The number of nitrogens with zero attached hydrogens (tertiary/aromatic N) is 2. The van der Waals surface area contributed by atoms with Crippen LogP contribution in [0.3, 0.4) is 0 Å². The lowest BCUT2D eigenvalue weighted by atomic mass is 9.99. The Morgan fingerprint density at radius 3 is 3.06 bits per heavy atom. The highest BCUT2D eigenvalue weighted by molar-refractivity contribution is 5.68. The van der Waals surface area contributed by atoms with E-state index in [1.165, 1.54) is 5.57 Å². The van der Waals surface area contributed by atoms with Gasteiger partial charge in [-0.1, -0.05) is 0 Å². The molecule has 0 amide bonds. The molecule has 0 aromatic carbocycles. The summed E-state index contributed by atoms with van der Waals surface area (Å²) < 4.78 is 2.01. The van der Waals surface area contributed by atoms with Gasteiger partial charge in [-0.2, -0.15) is 5.10 Å². The molecule has 0 spiro atoms. The molecule has 0 unspecified atom stereocenters. The van der Waals surface area contributed by atoms with Gasteiger partial charge in [0.15, 0.2) is 0 Å². The minimum atomic E-state index is 0.153. The van der Waals surface area contributed by atoms with Gasteiger partial charge < -0.3 is 10.4 Å². The molecule has 88 valence electrons. The van der Waals surface area contributed by atoms with Crippen LogP contribution in [0.5, 0.6) is 0 Å². The zero-order valence-electron chi connectivity index (χ0n) is 9.90. The Bertz CT molecular complexity index is 393. The Balaban J connectivity index is 2.41. The average Bonchev–Trinajstić information content (AvgIpc) is 2.77. The quantitative estimate of drug-likeness (QED) is 0.806. The molecule has 0 fully saturated rings. The average molecular weight is 221 g/mol. The van der Waals surface area contributed by atoms with Crippen molar-refractivity contribution in [3.63, 3.8) is 0 Å². The molecule has 0 aliphatic carbocycles. The van der Waals surface area contributed by atoms with Crippen LogP contribution >= 0.6 is 0 Å². The van der Waals surface area contributed by atoms with Crippen LogP contribution in [0.15, 0.2) is 17.8 Å². The number of hydrogen-bond acceptors (Lipinski definition) is 3. The van der Waals surface area contributed by atoms with Gasteiger partial charge >= 0.3 is 0 Å². The maximum atomic E-state index is 9.37. The van der Waals surface area contributed by atoms with Gasteiger partial charge in [0.1, 0.15) is 0 Å². The predicted octanol–water partition coefficient (Wildman–Crippen LogP) is 1.20. The van der Waals surface area contributed by atoms with Crippen molar-refractivity contribution in [2.75, 3.05) is 19.7 Å². The highest BCUT2D eigenvalue weighted by Crippen LogP contribution is 2.24. The highest BCUT2D eigenvalue weighted by Gasteiger charge is 2.17. The largest absolute Gasteiger partial charge is 0.392 e. The van der Waals surface area contributed by atoms with E-state index in [0.29, 0.717) is 6.04 Å². The lowest BCUT2D eigenvalue weighted by Gasteiger charge is -2.22. The molecule has 0 radical (unpaired) electrons. The SMILES string of the molecule is CC(C)n1nccc1C1=C(CO)CCNC1. The van der Waals surface area contributed by atoms with Crippen molar-refractivity contribution in [1.82, 2.24) is 15.1 Å². The fourth-order valence-corrected chi connectivity index (χ4v) is 2.14. The predicted molar refractivity (Wildman–Crippen MR) is 64.1 cm³/mol. The Hall–Kier alpha value is -1.13. The van der Waals surface area contributed by atoms with E-state index in [4.69, 9.17) is 0 Å². The number of rotatable bonds is 3. The first-order valence-electron chi connectivity index (χ1n) is 5.80. The second-order valence-corrected chi connectivity index (χ2v) is 4.42. The molecule has 1 aromatic heterocycles. The van der Waals surface area contributed by atoms with E-state index in [9.17, 15) is 5.11 Å². The Labute approximate surface area is 96.0 Å². The van der Waals surface area contributed by atoms with E-state index in [1.807, 2.05) is 16.9 Å². The minimum absolute atomic E-state index is 0.153. The molecular weight excluding hydrogens is 202 g/mol. The van der Waals surface area contributed by atoms with E-state index in [0.717, 1.165) is 30.8 Å². The van der Waals surface area contributed by atoms with Crippen LogP contribution in [-0.2, 0) is 0 Å². The molecule has 2 N–H and O–H groups in total. The highest BCUT2D eigenvalue weighted by atomic mass is 16.3. The van der Waals surface area contributed by atoms with Crippen molar-refractivity contribution < 1.29 is 5.11 Å².